The fourth-order valence-electron chi connectivity index (χ4n) is 8.12. The average Bonchev–Trinajstić information content (AvgIpc) is 3.91. The molecule has 2 unspecified atom stereocenters. The topological polar surface area (TPSA) is 191 Å². The van der Waals surface area contributed by atoms with Gasteiger partial charge in [0, 0.05) is 25.2 Å². The number of fused-ring (bicyclic) bond motifs is 5. The Hall–Kier alpha value is -3.77. The first-order chi connectivity index (χ1) is 26.7. The molecule has 6 heterocycles. The summed E-state index contributed by atoms with van der Waals surface area (Å²) in [6.07, 6.45) is 11.0. The molecule has 2 atom stereocenters. The minimum Gasteiger partial charge on any atom is -0.350 e. The molecule has 1 aliphatic carbocycles. The van der Waals surface area contributed by atoms with Crippen LogP contribution in [0, 0.1) is 17.3 Å². The van der Waals surface area contributed by atoms with Crippen molar-refractivity contribution in [2.24, 2.45) is 17.3 Å². The van der Waals surface area contributed by atoms with E-state index < -0.39 is 31.9 Å². The lowest BCUT2D eigenvalue weighted by atomic mass is 9.89. The standard InChI is InChI=1S/C19H24Cl2N4O3S.C18H22ClN5O3S/c1-19(2)9-7-13(12-19)4-3-11-25-16(8-10-22-25)29(27,28)24-18(26)14-5-6-15(20)23-17(14)21;1-18(2)10-12-4-3-9-24-15(7-8-20-24)28(26,27)22-17(25)13-5-6-14(19)21-16(13)23(18)11-12/h5-6,8,10,13H,3-4,7,9,11-12H2,1-2H3,(H,24,26);5-8,12H,3-4,9-11H2,1-2H3,(H,22,25). The molecular formula is C37H46Cl3N9O6S2. The molecule has 57 heavy (non-hydrogen) atoms. The Balaban J connectivity index is 0.000000193. The van der Waals surface area contributed by atoms with Crippen LogP contribution in [0.15, 0.2) is 58.8 Å². The van der Waals surface area contributed by atoms with Crippen LogP contribution in [-0.4, -0.2) is 70.3 Å². The van der Waals surface area contributed by atoms with Crippen molar-refractivity contribution >= 4 is 72.5 Å². The monoisotopic (exact) mass is 881 g/mol. The lowest BCUT2D eigenvalue weighted by molar-refractivity contribution is 0.0972. The SMILES string of the molecule is CC1(C)CC2CCCn3nccc3S(=O)(=O)NC(=O)c3ccc(Cl)nc3N1C2.CC1(C)CCC(CCCn2nccc2S(=O)(=O)NC(=O)c2ccc(Cl)nc2Cl)C1. The quantitative estimate of drug-likeness (QED) is 0.187. The summed E-state index contributed by atoms with van der Waals surface area (Å²) in [7, 11) is -8.17. The van der Waals surface area contributed by atoms with E-state index in [1.807, 2.05) is 4.72 Å². The van der Waals surface area contributed by atoms with Gasteiger partial charge in [0.15, 0.2) is 10.1 Å². The number of hydrogen-bond acceptors (Lipinski definition) is 11. The Morgan fingerprint density at radius 1 is 0.965 bits per heavy atom. The lowest BCUT2D eigenvalue weighted by Gasteiger charge is -2.33. The maximum absolute atomic E-state index is 12.9. The molecule has 2 fully saturated rings. The van der Waals surface area contributed by atoms with Gasteiger partial charge in [-0.1, -0.05) is 48.7 Å². The highest BCUT2D eigenvalue weighted by Gasteiger charge is 2.41. The van der Waals surface area contributed by atoms with Crippen molar-refractivity contribution in [3.8, 4) is 0 Å². The minimum absolute atomic E-state index is 0.0191. The number of amides is 2. The van der Waals surface area contributed by atoms with E-state index in [2.05, 4.69) is 57.5 Å². The molecule has 0 aromatic carbocycles. The number of anilines is 1. The number of aromatic nitrogens is 6. The fourth-order valence-corrected chi connectivity index (χ4v) is 10.9. The summed E-state index contributed by atoms with van der Waals surface area (Å²) in [4.78, 5) is 35.5. The number of pyridine rings is 2. The van der Waals surface area contributed by atoms with Gasteiger partial charge in [0.2, 0.25) is 0 Å². The number of halogens is 3. The number of hydrogen-bond donors (Lipinski definition) is 2. The summed E-state index contributed by atoms with van der Waals surface area (Å²) >= 11 is 17.7. The van der Waals surface area contributed by atoms with Crippen LogP contribution in [0.25, 0.3) is 0 Å². The second kappa shape index (κ2) is 16.8. The summed E-state index contributed by atoms with van der Waals surface area (Å²) < 4.78 is 58.0. The normalized spacial score (nSPS) is 21.1. The maximum atomic E-state index is 12.9. The molecule has 2 N–H and O–H groups in total. The van der Waals surface area contributed by atoms with Crippen LogP contribution < -0.4 is 14.3 Å². The van der Waals surface area contributed by atoms with E-state index in [1.165, 1.54) is 77.4 Å². The van der Waals surface area contributed by atoms with Gasteiger partial charge < -0.3 is 4.90 Å². The Morgan fingerprint density at radius 3 is 2.40 bits per heavy atom. The van der Waals surface area contributed by atoms with E-state index in [4.69, 9.17) is 34.8 Å². The number of carbonyl (C=O) groups is 2. The molecule has 2 bridgehead atoms. The number of sulfonamides is 2. The largest absolute Gasteiger partial charge is 0.350 e. The van der Waals surface area contributed by atoms with Gasteiger partial charge in [-0.3, -0.25) is 19.0 Å². The second-order valence-corrected chi connectivity index (χ2v) is 20.6. The van der Waals surface area contributed by atoms with Gasteiger partial charge in [0.05, 0.1) is 23.5 Å². The first-order valence-electron chi connectivity index (χ1n) is 18.7. The van der Waals surface area contributed by atoms with Gasteiger partial charge in [-0.05, 0) is 119 Å². The molecule has 1 saturated heterocycles. The zero-order chi connectivity index (χ0) is 41.3. The number of carbonyl (C=O) groups excluding carboxylic acids is 2. The van der Waals surface area contributed by atoms with Gasteiger partial charge in [-0.15, -0.1) is 0 Å². The third-order valence-corrected chi connectivity index (χ3v) is 14.2. The van der Waals surface area contributed by atoms with Gasteiger partial charge in [-0.25, -0.2) is 19.4 Å². The van der Waals surface area contributed by atoms with E-state index in [0.717, 1.165) is 38.6 Å². The predicted molar refractivity (Wildman–Crippen MR) is 216 cm³/mol. The van der Waals surface area contributed by atoms with E-state index in [0.29, 0.717) is 36.2 Å². The van der Waals surface area contributed by atoms with Crippen molar-refractivity contribution in [3.63, 3.8) is 0 Å². The van der Waals surface area contributed by atoms with Crippen molar-refractivity contribution < 1.29 is 26.4 Å². The number of nitrogens with zero attached hydrogens (tertiary/aromatic N) is 7. The van der Waals surface area contributed by atoms with E-state index >= 15 is 0 Å². The summed E-state index contributed by atoms with van der Waals surface area (Å²) in [6.45, 7) is 10.5. The molecule has 1 saturated carbocycles. The molecule has 7 rings (SSSR count). The first kappa shape index (κ1) is 42.8. The molecule has 4 aromatic rings. The van der Waals surface area contributed by atoms with Crippen LogP contribution in [-0.2, 0) is 33.1 Å². The zero-order valence-electron chi connectivity index (χ0n) is 32.1. The maximum Gasteiger partial charge on any atom is 0.281 e. The fraction of sp³-hybridized carbons (Fsp3) is 0.514. The third kappa shape index (κ3) is 10.1. The van der Waals surface area contributed by atoms with Crippen LogP contribution >= 0.6 is 34.8 Å². The Bertz CT molecular complexity index is 2370. The van der Waals surface area contributed by atoms with Crippen molar-refractivity contribution in [2.75, 3.05) is 11.4 Å². The van der Waals surface area contributed by atoms with E-state index in [9.17, 15) is 26.4 Å². The predicted octanol–water partition coefficient (Wildman–Crippen LogP) is 6.76. The molecule has 3 aliphatic rings. The molecule has 15 nitrogen and oxygen atoms in total. The molecule has 0 spiro atoms. The second-order valence-electron chi connectivity index (χ2n) is 16.2. The van der Waals surface area contributed by atoms with Crippen LogP contribution in [0.5, 0.6) is 0 Å². The van der Waals surface area contributed by atoms with Crippen molar-refractivity contribution in [1.82, 2.24) is 39.0 Å². The van der Waals surface area contributed by atoms with Crippen LogP contribution in [0.3, 0.4) is 0 Å². The summed E-state index contributed by atoms with van der Waals surface area (Å²) in [6, 6.07) is 8.48. The highest BCUT2D eigenvalue weighted by atomic mass is 35.5. The molecule has 2 amide bonds. The van der Waals surface area contributed by atoms with Crippen molar-refractivity contribution in [2.45, 2.75) is 108 Å². The Kier molecular flexibility index (Phi) is 12.7. The van der Waals surface area contributed by atoms with E-state index in [-0.39, 0.29) is 42.2 Å². The van der Waals surface area contributed by atoms with Crippen LogP contribution in [0.1, 0.15) is 99.8 Å². The molecule has 20 heteroatoms. The average molecular weight is 883 g/mol. The summed E-state index contributed by atoms with van der Waals surface area (Å²) in [5.41, 5.74) is 0.283. The van der Waals surface area contributed by atoms with Gasteiger partial charge >= 0.3 is 0 Å². The van der Waals surface area contributed by atoms with Crippen molar-refractivity contribution in [1.29, 1.82) is 0 Å². The molecule has 2 aliphatic heterocycles. The smallest absolute Gasteiger partial charge is 0.281 e. The van der Waals surface area contributed by atoms with Gasteiger partial charge in [-0.2, -0.15) is 27.0 Å². The minimum atomic E-state index is -4.11. The number of aryl methyl sites for hydroxylation is 2. The lowest BCUT2D eigenvalue weighted by Crippen LogP contribution is -2.41. The molecule has 4 aromatic heterocycles. The first-order valence-corrected chi connectivity index (χ1v) is 22.8. The zero-order valence-corrected chi connectivity index (χ0v) is 36.0. The third-order valence-electron chi connectivity index (χ3n) is 10.8. The van der Waals surface area contributed by atoms with Crippen molar-refractivity contribution in [3.05, 3.63) is 75.4 Å². The number of nitrogens with one attached hydrogen (secondary N) is 2. The molecular weight excluding hydrogens is 837 g/mol. The number of rotatable bonds is 7. The van der Waals surface area contributed by atoms with Gasteiger partial charge in [0.1, 0.15) is 21.3 Å². The molecule has 308 valence electrons. The summed E-state index contributed by atoms with van der Waals surface area (Å²) in [5, 5.41) is 8.36. The highest BCUT2D eigenvalue weighted by Crippen LogP contribution is 2.43. The van der Waals surface area contributed by atoms with Crippen LogP contribution in [0.4, 0.5) is 5.82 Å². The van der Waals surface area contributed by atoms with E-state index in [1.54, 1.807) is 0 Å². The summed E-state index contributed by atoms with van der Waals surface area (Å²) in [5.74, 6) is -0.117. The Labute approximate surface area is 348 Å². The Morgan fingerprint density at radius 2 is 1.68 bits per heavy atom. The van der Waals surface area contributed by atoms with Gasteiger partial charge in [0.25, 0.3) is 31.9 Å². The van der Waals surface area contributed by atoms with Crippen LogP contribution in [0.2, 0.25) is 15.5 Å². The molecule has 0 radical (unpaired) electrons. The highest BCUT2D eigenvalue weighted by molar-refractivity contribution is 7.90.